The van der Waals surface area contributed by atoms with Gasteiger partial charge >= 0.3 is 276 Å². The maximum absolute atomic E-state index is 7.30. The van der Waals surface area contributed by atoms with Crippen molar-refractivity contribution in [1.29, 1.82) is 0 Å². The molecule has 1 heterocycles. The standard InChI is InChI=1S/C24H44NO3Si2.3C4H9.Sn/c1-19-21(18-26-29(8,9)23(2,3)4)25(17-20-15-13-12-14-16-20)27-22(19)28-30(10,11)24(5,6)7;3*1-3-4-2;/h12-16,19,21-22H,1,17-18H2,2-11H3;3*1,3-4H2,2H3;. The zero-order valence-corrected chi connectivity index (χ0v) is 35.6. The van der Waals surface area contributed by atoms with Gasteiger partial charge in [0.15, 0.2) is 0 Å². The molecular weight excluding hydrogens is 669 g/mol. The third-order valence-corrected chi connectivity index (χ3v) is 36.0. The predicted molar refractivity (Wildman–Crippen MR) is 195 cm³/mol. The van der Waals surface area contributed by atoms with Gasteiger partial charge in [-0.15, -0.1) is 0 Å². The van der Waals surface area contributed by atoms with Gasteiger partial charge in [0.05, 0.1) is 0 Å². The minimum atomic E-state index is -2.55. The minimum absolute atomic E-state index is 0.133. The van der Waals surface area contributed by atoms with Crippen LogP contribution in [0.4, 0.5) is 0 Å². The van der Waals surface area contributed by atoms with Crippen LogP contribution in [0.15, 0.2) is 30.3 Å². The van der Waals surface area contributed by atoms with Crippen LogP contribution in [0.3, 0.4) is 0 Å². The number of hydroxylamine groups is 2. The molecule has 0 saturated carbocycles. The van der Waals surface area contributed by atoms with Crippen LogP contribution < -0.4 is 0 Å². The molecule has 1 aliphatic heterocycles. The summed E-state index contributed by atoms with van der Waals surface area (Å²) in [5, 5.41) is 2.62. The number of benzene rings is 1. The Labute approximate surface area is 274 Å². The van der Waals surface area contributed by atoms with Crippen LogP contribution in [0, 0.1) is 5.92 Å². The Morgan fingerprint density at radius 1 is 0.767 bits per heavy atom. The Morgan fingerprint density at radius 3 is 1.70 bits per heavy atom. The molecule has 0 bridgehead atoms. The van der Waals surface area contributed by atoms with Gasteiger partial charge in [0.1, 0.15) is 0 Å². The monoisotopic (exact) mass is 741 g/mol. The van der Waals surface area contributed by atoms with Gasteiger partial charge < -0.3 is 0 Å². The van der Waals surface area contributed by atoms with Crippen LogP contribution in [-0.2, 0) is 20.2 Å². The van der Waals surface area contributed by atoms with Crippen molar-refractivity contribution < 1.29 is 13.7 Å². The summed E-state index contributed by atoms with van der Waals surface area (Å²) in [5.74, 6) is 0.365. The van der Waals surface area contributed by atoms with E-state index in [0.29, 0.717) is 5.92 Å². The fraction of sp³-hybridized carbons (Fsp3) is 0.833. The molecule has 1 aromatic carbocycles. The van der Waals surface area contributed by atoms with E-state index in [1.54, 1.807) is 0 Å². The average molecular weight is 741 g/mol. The Balaban J connectivity index is 2.62. The van der Waals surface area contributed by atoms with Crippen molar-refractivity contribution in [2.24, 2.45) is 5.92 Å². The molecule has 4 nitrogen and oxygen atoms in total. The topological polar surface area (TPSA) is 30.9 Å². The maximum atomic E-state index is 7.30. The quantitative estimate of drug-likeness (QED) is 0.140. The van der Waals surface area contributed by atoms with Gasteiger partial charge in [-0.3, -0.25) is 0 Å². The summed E-state index contributed by atoms with van der Waals surface area (Å²) >= 11 is -2.55. The van der Waals surface area contributed by atoms with Gasteiger partial charge in [-0.05, 0) is 0 Å². The second-order valence-corrected chi connectivity index (χ2v) is 40.3. The Morgan fingerprint density at radius 2 is 1.26 bits per heavy atom. The third kappa shape index (κ3) is 11.5. The third-order valence-electron chi connectivity index (χ3n) is 11.1. The summed E-state index contributed by atoms with van der Waals surface area (Å²) in [6, 6.07) is 11.1. The summed E-state index contributed by atoms with van der Waals surface area (Å²) in [7, 11) is -4.01. The molecule has 1 fully saturated rings. The summed E-state index contributed by atoms with van der Waals surface area (Å²) < 4.78 is 20.3. The molecule has 0 N–H and O–H groups in total. The van der Waals surface area contributed by atoms with Gasteiger partial charge in [-0.2, -0.15) is 0 Å². The van der Waals surface area contributed by atoms with E-state index in [2.05, 4.69) is 124 Å². The second kappa shape index (κ2) is 16.9. The zero-order valence-electron chi connectivity index (χ0n) is 30.8. The van der Waals surface area contributed by atoms with Gasteiger partial charge in [0.25, 0.3) is 0 Å². The van der Waals surface area contributed by atoms with Crippen molar-refractivity contribution in [3.63, 3.8) is 0 Å². The van der Waals surface area contributed by atoms with E-state index >= 15 is 0 Å². The normalized spacial score (nSPS) is 21.1. The van der Waals surface area contributed by atoms with E-state index in [4.69, 9.17) is 13.7 Å². The van der Waals surface area contributed by atoms with E-state index < -0.39 is 35.0 Å². The molecule has 0 amide bonds. The first-order valence-corrected chi connectivity index (χ1v) is 31.6. The van der Waals surface area contributed by atoms with Crippen LogP contribution in [0.1, 0.15) is 106 Å². The molecular formula is C36H71NO3Si2Sn. The van der Waals surface area contributed by atoms with E-state index in [-0.39, 0.29) is 22.4 Å². The summed E-state index contributed by atoms with van der Waals surface area (Å²) in [6.07, 6.45) is 7.91. The van der Waals surface area contributed by atoms with Gasteiger partial charge in [0.2, 0.25) is 0 Å². The molecule has 0 spiro atoms. The van der Waals surface area contributed by atoms with Crippen molar-refractivity contribution in [3.8, 4) is 0 Å². The first-order chi connectivity index (χ1) is 19.9. The Bertz CT molecular complexity index is 907. The van der Waals surface area contributed by atoms with Crippen LogP contribution >= 0.6 is 0 Å². The van der Waals surface area contributed by atoms with Crippen LogP contribution in [0.5, 0.6) is 0 Å². The van der Waals surface area contributed by atoms with Crippen LogP contribution in [0.25, 0.3) is 0 Å². The van der Waals surface area contributed by atoms with E-state index in [1.807, 2.05) is 0 Å². The number of rotatable bonds is 18. The molecule has 3 atom stereocenters. The number of hydrogen-bond acceptors (Lipinski definition) is 4. The summed E-state index contributed by atoms with van der Waals surface area (Å²) in [5.41, 5.74) is 1.30. The molecule has 3 unspecified atom stereocenters. The second-order valence-electron chi connectivity index (χ2n) is 16.7. The van der Waals surface area contributed by atoms with E-state index in [9.17, 15) is 0 Å². The van der Waals surface area contributed by atoms with Crippen molar-refractivity contribution in [2.75, 3.05) is 6.61 Å². The van der Waals surface area contributed by atoms with Crippen molar-refractivity contribution in [3.05, 3.63) is 35.9 Å². The van der Waals surface area contributed by atoms with Crippen molar-refractivity contribution >= 4 is 35.0 Å². The molecule has 7 heteroatoms. The number of unbranched alkanes of at least 4 members (excludes halogenated alkanes) is 3. The molecule has 1 saturated heterocycles. The molecule has 250 valence electrons. The summed E-state index contributed by atoms with van der Waals surface area (Å²) in [4.78, 5) is 7.05. The average Bonchev–Trinajstić information content (AvgIpc) is 3.21. The van der Waals surface area contributed by atoms with Gasteiger partial charge in [-0.25, -0.2) is 0 Å². The molecule has 0 aliphatic carbocycles. The Kier molecular flexibility index (Phi) is 15.5. The van der Waals surface area contributed by atoms with E-state index in [0.717, 1.165) is 13.2 Å². The van der Waals surface area contributed by atoms with Crippen molar-refractivity contribution in [1.82, 2.24) is 5.06 Å². The van der Waals surface area contributed by atoms with E-state index in [1.165, 1.54) is 61.8 Å². The molecule has 1 aliphatic rings. The first-order valence-electron chi connectivity index (χ1n) is 17.7. The molecule has 2 rings (SSSR count). The number of hydrogen-bond donors (Lipinski definition) is 0. The SMILES string of the molecule is CCC[CH2][Sn]([CH2]CCC)([CH2]CCC)[CH2]C1C(O[Si](C)(C)C(C)(C)C)ON(Cc2ccccc2)C1CO[Si](C)(C)C(C)(C)C. The van der Waals surface area contributed by atoms with Gasteiger partial charge in [-0.1, -0.05) is 0 Å². The van der Waals surface area contributed by atoms with Crippen molar-refractivity contribution in [2.45, 2.75) is 174 Å². The molecule has 1 aromatic rings. The predicted octanol–water partition coefficient (Wildman–Crippen LogP) is 11.6. The molecule has 0 radical (unpaired) electrons. The van der Waals surface area contributed by atoms with Crippen LogP contribution in [-0.4, -0.2) is 59.0 Å². The molecule has 43 heavy (non-hydrogen) atoms. The fourth-order valence-electron chi connectivity index (χ4n) is 5.96. The summed E-state index contributed by atoms with van der Waals surface area (Å²) in [6.45, 7) is 32.4. The van der Waals surface area contributed by atoms with Gasteiger partial charge in [0, 0.05) is 0 Å². The van der Waals surface area contributed by atoms with Crippen LogP contribution in [0.2, 0.25) is 54.0 Å². The zero-order chi connectivity index (χ0) is 32.5. The first kappa shape index (κ1) is 39.5. The Hall–Kier alpha value is 0.292. The fourth-order valence-corrected chi connectivity index (χ4v) is 25.7. The molecule has 0 aromatic heterocycles. The number of nitrogens with zero attached hydrogens (tertiary/aromatic N) is 1.